The van der Waals surface area contributed by atoms with Crippen LogP contribution in [0.4, 0.5) is 0 Å². The molecule has 0 bridgehead atoms. The summed E-state index contributed by atoms with van der Waals surface area (Å²) < 4.78 is 0. The highest BCUT2D eigenvalue weighted by atomic mass is 14.2. The molecule has 0 amide bonds. The van der Waals surface area contributed by atoms with Crippen LogP contribution in [0.15, 0.2) is 34.9 Å². The summed E-state index contributed by atoms with van der Waals surface area (Å²) in [6.07, 6.45) is 16.3. The second-order valence-corrected chi connectivity index (χ2v) is 5.16. The minimum Gasteiger partial charge on any atom is -0.0836 e. The first-order valence-electron chi connectivity index (χ1n) is 6.87. The molecular formula is C16H24. The van der Waals surface area contributed by atoms with Crippen LogP contribution in [0, 0.1) is 5.92 Å². The fourth-order valence-corrected chi connectivity index (χ4v) is 3.11. The van der Waals surface area contributed by atoms with Gasteiger partial charge in [0.15, 0.2) is 0 Å². The van der Waals surface area contributed by atoms with Gasteiger partial charge in [-0.15, -0.1) is 0 Å². The van der Waals surface area contributed by atoms with Crippen molar-refractivity contribution >= 4 is 0 Å². The Labute approximate surface area is 100 Å². The van der Waals surface area contributed by atoms with Gasteiger partial charge in [-0.2, -0.15) is 0 Å². The summed E-state index contributed by atoms with van der Waals surface area (Å²) in [5.74, 6) is 0.725. The standard InChI is InChI=1S/C16H24/c1-3-14-9-7-8-12-16(14)13(2)15-10-5-4-6-11-15/h7-9,16H,3-6,10-12H2,1-2H3. The van der Waals surface area contributed by atoms with E-state index in [0.29, 0.717) is 0 Å². The highest BCUT2D eigenvalue weighted by molar-refractivity contribution is 5.31. The van der Waals surface area contributed by atoms with Crippen LogP contribution < -0.4 is 0 Å². The third kappa shape index (κ3) is 2.48. The highest BCUT2D eigenvalue weighted by Crippen LogP contribution is 2.35. The predicted molar refractivity (Wildman–Crippen MR) is 71.4 cm³/mol. The maximum atomic E-state index is 2.38. The Balaban J connectivity index is 2.17. The summed E-state index contributed by atoms with van der Waals surface area (Å²) >= 11 is 0. The van der Waals surface area contributed by atoms with Crippen LogP contribution in [0.2, 0.25) is 0 Å². The second-order valence-electron chi connectivity index (χ2n) is 5.16. The largest absolute Gasteiger partial charge is 0.0836 e. The van der Waals surface area contributed by atoms with Gasteiger partial charge in [0, 0.05) is 5.92 Å². The molecule has 2 aliphatic rings. The van der Waals surface area contributed by atoms with Crippen molar-refractivity contribution in [3.8, 4) is 0 Å². The Kier molecular flexibility index (Phi) is 4.04. The van der Waals surface area contributed by atoms with Crippen LogP contribution in [-0.4, -0.2) is 0 Å². The molecule has 88 valence electrons. The van der Waals surface area contributed by atoms with E-state index in [9.17, 15) is 0 Å². The van der Waals surface area contributed by atoms with Crippen LogP contribution in [0.3, 0.4) is 0 Å². The molecule has 0 aromatic heterocycles. The molecule has 0 aliphatic heterocycles. The summed E-state index contributed by atoms with van der Waals surface area (Å²) in [7, 11) is 0. The number of hydrogen-bond acceptors (Lipinski definition) is 0. The maximum Gasteiger partial charge on any atom is 0.00445 e. The zero-order valence-corrected chi connectivity index (χ0v) is 10.8. The topological polar surface area (TPSA) is 0 Å². The molecule has 0 heteroatoms. The molecule has 0 spiro atoms. The lowest BCUT2D eigenvalue weighted by Crippen LogP contribution is -2.10. The van der Waals surface area contributed by atoms with Gasteiger partial charge in [0.05, 0.1) is 0 Å². The van der Waals surface area contributed by atoms with E-state index in [0.717, 1.165) is 5.92 Å². The van der Waals surface area contributed by atoms with E-state index in [1.54, 1.807) is 16.7 Å². The van der Waals surface area contributed by atoms with Crippen molar-refractivity contribution in [3.05, 3.63) is 34.9 Å². The first kappa shape index (κ1) is 11.7. The monoisotopic (exact) mass is 216 g/mol. The molecular weight excluding hydrogens is 192 g/mol. The Morgan fingerprint density at radius 3 is 2.69 bits per heavy atom. The van der Waals surface area contributed by atoms with Gasteiger partial charge >= 0.3 is 0 Å². The number of rotatable bonds is 2. The molecule has 0 saturated heterocycles. The molecule has 1 atom stereocenters. The molecule has 0 heterocycles. The number of allylic oxidation sites excluding steroid dienone is 6. The molecule has 0 aromatic carbocycles. The van der Waals surface area contributed by atoms with Gasteiger partial charge in [-0.1, -0.05) is 48.3 Å². The minimum absolute atomic E-state index is 0.725. The van der Waals surface area contributed by atoms with Crippen LogP contribution in [-0.2, 0) is 0 Å². The van der Waals surface area contributed by atoms with Gasteiger partial charge in [0.2, 0.25) is 0 Å². The summed E-state index contributed by atoms with van der Waals surface area (Å²) in [5.41, 5.74) is 5.10. The molecule has 0 N–H and O–H groups in total. The minimum atomic E-state index is 0.725. The molecule has 2 rings (SSSR count). The van der Waals surface area contributed by atoms with Crippen molar-refractivity contribution in [1.82, 2.24) is 0 Å². The lowest BCUT2D eigenvalue weighted by molar-refractivity contribution is 0.573. The Hall–Kier alpha value is -0.780. The lowest BCUT2D eigenvalue weighted by atomic mass is 9.79. The summed E-state index contributed by atoms with van der Waals surface area (Å²) in [6, 6.07) is 0. The molecule has 0 radical (unpaired) electrons. The SMILES string of the molecule is CCC1=CC=CCC1C(C)=C1CCCCC1. The normalized spacial score (nSPS) is 25.5. The fraction of sp³-hybridized carbons (Fsp3) is 0.625. The van der Waals surface area contributed by atoms with Gasteiger partial charge in [0.1, 0.15) is 0 Å². The average Bonchev–Trinajstić information content (AvgIpc) is 2.39. The number of hydrogen-bond donors (Lipinski definition) is 0. The summed E-state index contributed by atoms with van der Waals surface area (Å²) in [4.78, 5) is 0. The molecule has 1 saturated carbocycles. The van der Waals surface area contributed by atoms with E-state index in [1.165, 1.54) is 44.9 Å². The molecule has 16 heavy (non-hydrogen) atoms. The zero-order valence-electron chi connectivity index (χ0n) is 10.8. The highest BCUT2D eigenvalue weighted by Gasteiger charge is 2.19. The van der Waals surface area contributed by atoms with Crippen LogP contribution >= 0.6 is 0 Å². The van der Waals surface area contributed by atoms with Crippen molar-refractivity contribution in [3.63, 3.8) is 0 Å². The van der Waals surface area contributed by atoms with Gasteiger partial charge < -0.3 is 0 Å². The van der Waals surface area contributed by atoms with E-state index in [2.05, 4.69) is 32.1 Å². The van der Waals surface area contributed by atoms with E-state index in [4.69, 9.17) is 0 Å². The zero-order chi connectivity index (χ0) is 11.4. The molecule has 1 fully saturated rings. The molecule has 1 unspecified atom stereocenters. The average molecular weight is 216 g/mol. The Bertz CT molecular complexity index is 320. The summed E-state index contributed by atoms with van der Waals surface area (Å²) in [5, 5.41) is 0. The van der Waals surface area contributed by atoms with Crippen molar-refractivity contribution in [2.75, 3.05) is 0 Å². The van der Waals surface area contributed by atoms with Crippen LogP contribution in [0.1, 0.15) is 58.8 Å². The van der Waals surface area contributed by atoms with Crippen LogP contribution in [0.5, 0.6) is 0 Å². The van der Waals surface area contributed by atoms with Crippen molar-refractivity contribution < 1.29 is 0 Å². The van der Waals surface area contributed by atoms with Gasteiger partial charge in [0.25, 0.3) is 0 Å². The fourth-order valence-electron chi connectivity index (χ4n) is 3.11. The first-order valence-corrected chi connectivity index (χ1v) is 6.87. The van der Waals surface area contributed by atoms with Crippen molar-refractivity contribution in [2.45, 2.75) is 58.8 Å². The lowest BCUT2D eigenvalue weighted by Gasteiger charge is -2.26. The van der Waals surface area contributed by atoms with E-state index in [1.807, 2.05) is 0 Å². The van der Waals surface area contributed by atoms with E-state index >= 15 is 0 Å². The van der Waals surface area contributed by atoms with Gasteiger partial charge in [-0.3, -0.25) is 0 Å². The van der Waals surface area contributed by atoms with E-state index in [-0.39, 0.29) is 0 Å². The summed E-state index contributed by atoms with van der Waals surface area (Å²) in [6.45, 7) is 4.67. The molecule has 0 aromatic rings. The van der Waals surface area contributed by atoms with Crippen LogP contribution in [0.25, 0.3) is 0 Å². The van der Waals surface area contributed by atoms with Crippen molar-refractivity contribution in [1.29, 1.82) is 0 Å². The first-order chi connectivity index (χ1) is 7.83. The van der Waals surface area contributed by atoms with Crippen molar-refractivity contribution in [2.24, 2.45) is 5.92 Å². The van der Waals surface area contributed by atoms with Gasteiger partial charge in [-0.05, 0) is 45.4 Å². The molecule has 2 aliphatic carbocycles. The van der Waals surface area contributed by atoms with E-state index < -0.39 is 0 Å². The Morgan fingerprint density at radius 1 is 1.25 bits per heavy atom. The Morgan fingerprint density at radius 2 is 2.00 bits per heavy atom. The smallest absolute Gasteiger partial charge is 0.00445 e. The second kappa shape index (κ2) is 5.52. The maximum absolute atomic E-state index is 2.38. The molecule has 0 nitrogen and oxygen atoms in total. The third-order valence-electron chi connectivity index (χ3n) is 4.21. The third-order valence-corrected chi connectivity index (χ3v) is 4.21. The quantitative estimate of drug-likeness (QED) is 0.558. The van der Waals surface area contributed by atoms with Gasteiger partial charge in [-0.25, -0.2) is 0 Å². The predicted octanol–water partition coefficient (Wildman–Crippen LogP) is 5.18.